The molecular weight excluding hydrogens is 166 g/mol. The fourth-order valence-electron chi connectivity index (χ4n) is 1.16. The number of rotatable bonds is 6. The Bertz CT molecular complexity index is 155. The third-order valence-corrected chi connectivity index (χ3v) is 2.04. The quantitative estimate of drug-likeness (QED) is 0.618. The number of amides is 1. The van der Waals surface area contributed by atoms with Gasteiger partial charge in [-0.05, 0) is 13.3 Å². The molecule has 3 nitrogen and oxygen atoms in total. The van der Waals surface area contributed by atoms with E-state index in [1.807, 2.05) is 0 Å². The van der Waals surface area contributed by atoms with Crippen LogP contribution in [0.1, 0.15) is 46.5 Å². The van der Waals surface area contributed by atoms with Crippen molar-refractivity contribution in [2.45, 2.75) is 52.1 Å². The van der Waals surface area contributed by atoms with Crippen molar-refractivity contribution in [2.75, 3.05) is 6.54 Å². The molecule has 0 radical (unpaired) electrons. The predicted molar refractivity (Wildman–Crippen MR) is 53.4 cm³/mol. The molecule has 2 N–H and O–H groups in total. The normalized spacial score (nSPS) is 15.1. The van der Waals surface area contributed by atoms with Crippen LogP contribution in [0.3, 0.4) is 0 Å². The molecule has 0 aliphatic carbocycles. The molecular formula is C10H21NO2. The Labute approximate surface area is 80.5 Å². The molecule has 0 rings (SSSR count). The van der Waals surface area contributed by atoms with Crippen LogP contribution >= 0.6 is 0 Å². The standard InChI is InChI=1S/C10H21NO2/c1-4-5-6-7-10(3,13)8-11-9(2)12/h13H,4-8H2,1-3H3,(H,11,12). The zero-order valence-electron chi connectivity index (χ0n) is 8.89. The molecule has 1 amide bonds. The molecule has 0 aromatic rings. The van der Waals surface area contributed by atoms with Crippen molar-refractivity contribution in [1.29, 1.82) is 0 Å². The first-order chi connectivity index (χ1) is 5.98. The Morgan fingerprint density at radius 3 is 2.54 bits per heavy atom. The lowest BCUT2D eigenvalue weighted by Crippen LogP contribution is -2.39. The van der Waals surface area contributed by atoms with Gasteiger partial charge in [-0.3, -0.25) is 4.79 Å². The average Bonchev–Trinajstić information content (AvgIpc) is 2.02. The molecule has 3 heteroatoms. The van der Waals surface area contributed by atoms with Crippen molar-refractivity contribution in [1.82, 2.24) is 5.32 Å². The topological polar surface area (TPSA) is 49.3 Å². The zero-order valence-corrected chi connectivity index (χ0v) is 8.89. The van der Waals surface area contributed by atoms with Crippen LogP contribution in [0, 0.1) is 0 Å². The second kappa shape index (κ2) is 5.97. The molecule has 0 fully saturated rings. The highest BCUT2D eigenvalue weighted by atomic mass is 16.3. The molecule has 0 saturated heterocycles. The summed E-state index contributed by atoms with van der Waals surface area (Å²) < 4.78 is 0. The average molecular weight is 187 g/mol. The van der Waals surface area contributed by atoms with Gasteiger partial charge >= 0.3 is 0 Å². The molecule has 0 aliphatic heterocycles. The smallest absolute Gasteiger partial charge is 0.216 e. The zero-order chi connectivity index (χ0) is 10.3. The first-order valence-corrected chi connectivity index (χ1v) is 4.95. The first-order valence-electron chi connectivity index (χ1n) is 4.95. The Kier molecular flexibility index (Phi) is 5.71. The van der Waals surface area contributed by atoms with E-state index in [1.165, 1.54) is 6.92 Å². The summed E-state index contributed by atoms with van der Waals surface area (Å²) in [6.45, 7) is 5.70. The summed E-state index contributed by atoms with van der Waals surface area (Å²) in [5, 5.41) is 12.4. The minimum absolute atomic E-state index is 0.0873. The van der Waals surface area contributed by atoms with Gasteiger partial charge in [-0.1, -0.05) is 26.2 Å². The first kappa shape index (κ1) is 12.4. The number of hydrogen-bond donors (Lipinski definition) is 2. The van der Waals surface area contributed by atoms with Crippen molar-refractivity contribution in [3.05, 3.63) is 0 Å². The largest absolute Gasteiger partial charge is 0.388 e. The molecule has 0 aliphatic rings. The molecule has 0 aromatic heterocycles. The van der Waals surface area contributed by atoms with Gasteiger partial charge in [0.05, 0.1) is 5.60 Å². The van der Waals surface area contributed by atoms with Gasteiger partial charge in [-0.2, -0.15) is 0 Å². The maximum absolute atomic E-state index is 10.6. The van der Waals surface area contributed by atoms with Crippen molar-refractivity contribution in [3.8, 4) is 0 Å². The summed E-state index contributed by atoms with van der Waals surface area (Å²) in [5.41, 5.74) is -0.749. The maximum atomic E-state index is 10.6. The van der Waals surface area contributed by atoms with Crippen LogP contribution in [0.25, 0.3) is 0 Å². The van der Waals surface area contributed by atoms with Gasteiger partial charge in [-0.15, -0.1) is 0 Å². The number of carbonyl (C=O) groups is 1. The predicted octanol–water partition coefficient (Wildman–Crippen LogP) is 1.45. The lowest BCUT2D eigenvalue weighted by molar-refractivity contribution is -0.120. The summed E-state index contributed by atoms with van der Waals surface area (Å²) in [4.78, 5) is 10.6. The molecule has 13 heavy (non-hydrogen) atoms. The minimum atomic E-state index is -0.749. The van der Waals surface area contributed by atoms with E-state index in [2.05, 4.69) is 12.2 Å². The van der Waals surface area contributed by atoms with Crippen LogP contribution in [0.5, 0.6) is 0 Å². The fraction of sp³-hybridized carbons (Fsp3) is 0.900. The molecule has 1 unspecified atom stereocenters. The Balaban J connectivity index is 3.59. The highest BCUT2D eigenvalue weighted by molar-refractivity contribution is 5.72. The van der Waals surface area contributed by atoms with Crippen molar-refractivity contribution in [3.63, 3.8) is 0 Å². The van der Waals surface area contributed by atoms with Crippen LogP contribution in [-0.2, 0) is 4.79 Å². The molecule has 78 valence electrons. The van der Waals surface area contributed by atoms with E-state index in [9.17, 15) is 9.90 Å². The summed E-state index contributed by atoms with van der Waals surface area (Å²) in [6.07, 6.45) is 4.05. The summed E-state index contributed by atoms with van der Waals surface area (Å²) in [6, 6.07) is 0. The Morgan fingerprint density at radius 2 is 2.08 bits per heavy atom. The van der Waals surface area contributed by atoms with E-state index in [0.29, 0.717) is 6.54 Å². The molecule has 0 heterocycles. The van der Waals surface area contributed by atoms with E-state index >= 15 is 0 Å². The third kappa shape index (κ3) is 7.78. The summed E-state index contributed by atoms with van der Waals surface area (Å²) in [7, 11) is 0. The fourth-order valence-corrected chi connectivity index (χ4v) is 1.16. The number of nitrogens with one attached hydrogen (secondary N) is 1. The number of aliphatic hydroxyl groups is 1. The van der Waals surface area contributed by atoms with E-state index in [0.717, 1.165) is 25.7 Å². The second-order valence-electron chi connectivity index (χ2n) is 3.86. The minimum Gasteiger partial charge on any atom is -0.388 e. The van der Waals surface area contributed by atoms with Crippen LogP contribution in [-0.4, -0.2) is 23.2 Å². The van der Waals surface area contributed by atoms with Crippen molar-refractivity contribution in [2.24, 2.45) is 0 Å². The van der Waals surface area contributed by atoms with Gasteiger partial charge in [0.1, 0.15) is 0 Å². The second-order valence-corrected chi connectivity index (χ2v) is 3.86. The van der Waals surface area contributed by atoms with Gasteiger partial charge < -0.3 is 10.4 Å². The molecule has 0 bridgehead atoms. The highest BCUT2D eigenvalue weighted by Crippen LogP contribution is 2.13. The van der Waals surface area contributed by atoms with Crippen LogP contribution in [0.15, 0.2) is 0 Å². The van der Waals surface area contributed by atoms with E-state index in [1.54, 1.807) is 6.92 Å². The van der Waals surface area contributed by atoms with E-state index in [-0.39, 0.29) is 5.91 Å². The van der Waals surface area contributed by atoms with Crippen molar-refractivity contribution >= 4 is 5.91 Å². The van der Waals surface area contributed by atoms with Crippen molar-refractivity contribution < 1.29 is 9.90 Å². The maximum Gasteiger partial charge on any atom is 0.216 e. The number of carbonyl (C=O) groups excluding carboxylic acids is 1. The van der Waals surface area contributed by atoms with Gasteiger partial charge in [-0.25, -0.2) is 0 Å². The SMILES string of the molecule is CCCCCC(C)(O)CNC(C)=O. The lowest BCUT2D eigenvalue weighted by atomic mass is 9.98. The molecule has 0 aromatic carbocycles. The molecule has 0 spiro atoms. The monoisotopic (exact) mass is 187 g/mol. The van der Waals surface area contributed by atoms with E-state index in [4.69, 9.17) is 0 Å². The Morgan fingerprint density at radius 1 is 1.46 bits per heavy atom. The summed E-state index contributed by atoms with van der Waals surface area (Å²) in [5.74, 6) is -0.0873. The van der Waals surface area contributed by atoms with Crippen LogP contribution in [0.2, 0.25) is 0 Å². The van der Waals surface area contributed by atoms with Gasteiger partial charge in [0.15, 0.2) is 0 Å². The molecule has 0 saturated carbocycles. The number of hydrogen-bond acceptors (Lipinski definition) is 2. The van der Waals surface area contributed by atoms with Crippen LogP contribution < -0.4 is 5.32 Å². The number of unbranched alkanes of at least 4 members (excludes halogenated alkanes) is 2. The lowest BCUT2D eigenvalue weighted by Gasteiger charge is -2.23. The van der Waals surface area contributed by atoms with Gasteiger partial charge in [0.25, 0.3) is 0 Å². The third-order valence-electron chi connectivity index (χ3n) is 2.04. The van der Waals surface area contributed by atoms with Gasteiger partial charge in [0.2, 0.25) is 5.91 Å². The Hall–Kier alpha value is -0.570. The molecule has 1 atom stereocenters. The van der Waals surface area contributed by atoms with Crippen LogP contribution in [0.4, 0.5) is 0 Å². The van der Waals surface area contributed by atoms with E-state index < -0.39 is 5.60 Å². The van der Waals surface area contributed by atoms with Gasteiger partial charge in [0, 0.05) is 13.5 Å². The summed E-state index contributed by atoms with van der Waals surface area (Å²) >= 11 is 0. The highest BCUT2D eigenvalue weighted by Gasteiger charge is 2.19.